The molecule has 8 nitrogen and oxygen atoms in total. The van der Waals surface area contributed by atoms with Crippen LogP contribution in [0.3, 0.4) is 0 Å². The maximum atomic E-state index is 12.5. The third-order valence-electron chi connectivity index (χ3n) is 2.92. The Balaban J connectivity index is 1.92. The normalized spacial score (nSPS) is 11.6. The lowest BCUT2D eigenvalue weighted by atomic mass is 10.2. The summed E-state index contributed by atoms with van der Waals surface area (Å²) >= 11 is 1.02. The Morgan fingerprint density at radius 1 is 1.28 bits per heavy atom. The van der Waals surface area contributed by atoms with Gasteiger partial charge in [0.25, 0.3) is 5.91 Å². The summed E-state index contributed by atoms with van der Waals surface area (Å²) in [6.07, 6.45) is -3.36. The summed E-state index contributed by atoms with van der Waals surface area (Å²) < 4.78 is 41.8. The molecule has 0 aromatic carbocycles. The molecule has 0 aliphatic carbocycles. The zero-order valence-corrected chi connectivity index (χ0v) is 13.6. The SMILES string of the molecule is CN(C)C(=O)c1nnc(-c2cc(-c3noc(C(F)(F)F)n3)ccn2)s1. The van der Waals surface area contributed by atoms with Gasteiger partial charge in [0.15, 0.2) is 5.01 Å². The summed E-state index contributed by atoms with van der Waals surface area (Å²) in [4.78, 5) is 20.6. The first-order valence-electron chi connectivity index (χ1n) is 6.68. The first kappa shape index (κ1) is 17.0. The van der Waals surface area contributed by atoms with Gasteiger partial charge in [-0.25, -0.2) is 0 Å². The maximum Gasteiger partial charge on any atom is 0.471 e. The first-order valence-corrected chi connectivity index (χ1v) is 7.50. The Morgan fingerprint density at radius 2 is 2.04 bits per heavy atom. The van der Waals surface area contributed by atoms with Crippen LogP contribution in [0.15, 0.2) is 22.9 Å². The number of carbonyl (C=O) groups is 1. The zero-order chi connectivity index (χ0) is 18.2. The molecule has 0 atom stereocenters. The van der Waals surface area contributed by atoms with E-state index in [9.17, 15) is 18.0 Å². The summed E-state index contributed by atoms with van der Waals surface area (Å²) in [7, 11) is 3.16. The van der Waals surface area contributed by atoms with Gasteiger partial charge in [0.05, 0.1) is 0 Å². The van der Waals surface area contributed by atoms with E-state index in [-0.39, 0.29) is 22.3 Å². The van der Waals surface area contributed by atoms with Crippen molar-refractivity contribution in [2.75, 3.05) is 14.1 Å². The molecule has 130 valence electrons. The number of amides is 1. The van der Waals surface area contributed by atoms with Crippen molar-refractivity contribution in [2.24, 2.45) is 0 Å². The molecule has 3 rings (SSSR count). The highest BCUT2D eigenvalue weighted by atomic mass is 32.1. The number of rotatable bonds is 3. The van der Waals surface area contributed by atoms with Crippen molar-refractivity contribution in [1.29, 1.82) is 0 Å². The highest BCUT2D eigenvalue weighted by Crippen LogP contribution is 2.30. The van der Waals surface area contributed by atoms with Crippen LogP contribution in [0.1, 0.15) is 15.7 Å². The van der Waals surface area contributed by atoms with Crippen molar-refractivity contribution < 1.29 is 22.5 Å². The van der Waals surface area contributed by atoms with Crippen LogP contribution in [0.2, 0.25) is 0 Å². The molecular weight excluding hydrogens is 361 g/mol. The van der Waals surface area contributed by atoms with Gasteiger partial charge in [-0.2, -0.15) is 18.2 Å². The molecule has 25 heavy (non-hydrogen) atoms. The first-order chi connectivity index (χ1) is 11.8. The highest BCUT2D eigenvalue weighted by molar-refractivity contribution is 7.16. The molecule has 0 spiro atoms. The minimum absolute atomic E-state index is 0.172. The minimum atomic E-state index is -4.72. The van der Waals surface area contributed by atoms with Gasteiger partial charge < -0.3 is 9.42 Å². The van der Waals surface area contributed by atoms with Gasteiger partial charge in [0.2, 0.25) is 10.8 Å². The van der Waals surface area contributed by atoms with E-state index in [0.717, 1.165) is 11.3 Å². The summed E-state index contributed by atoms with van der Waals surface area (Å²) in [5, 5.41) is 11.5. The van der Waals surface area contributed by atoms with E-state index in [1.165, 1.54) is 23.2 Å². The van der Waals surface area contributed by atoms with E-state index >= 15 is 0 Å². The third kappa shape index (κ3) is 3.47. The third-order valence-corrected chi connectivity index (χ3v) is 3.85. The van der Waals surface area contributed by atoms with E-state index < -0.39 is 12.1 Å². The predicted octanol–water partition coefficient (Wildman–Crippen LogP) is 2.37. The number of hydrogen-bond donors (Lipinski definition) is 0. The Hall–Kier alpha value is -2.89. The lowest BCUT2D eigenvalue weighted by Crippen LogP contribution is -2.21. The minimum Gasteiger partial charge on any atom is -0.343 e. The van der Waals surface area contributed by atoms with Gasteiger partial charge in [-0.3, -0.25) is 9.78 Å². The molecule has 0 radical (unpaired) electrons. The second-order valence-electron chi connectivity index (χ2n) is 4.96. The van der Waals surface area contributed by atoms with Gasteiger partial charge in [-0.15, -0.1) is 10.2 Å². The van der Waals surface area contributed by atoms with Gasteiger partial charge in [-0.1, -0.05) is 16.5 Å². The standard InChI is InChI=1S/C13H9F3N6O2S/c1-22(2)11(23)10-20-19-9(25-10)7-5-6(3-4-17-7)8-18-12(24-21-8)13(14,15)16/h3-5H,1-2H3. The molecule has 1 amide bonds. The van der Waals surface area contributed by atoms with Crippen LogP contribution in [0, 0.1) is 0 Å². The second kappa shape index (κ2) is 6.20. The monoisotopic (exact) mass is 370 g/mol. The van der Waals surface area contributed by atoms with Crippen LogP contribution in [-0.4, -0.2) is 50.2 Å². The summed E-state index contributed by atoms with van der Waals surface area (Å²) in [5.74, 6) is -1.98. The molecule has 3 aromatic rings. The molecule has 0 aliphatic heterocycles. The molecule has 3 heterocycles. The van der Waals surface area contributed by atoms with Crippen molar-refractivity contribution in [1.82, 2.24) is 30.2 Å². The average Bonchev–Trinajstić information content (AvgIpc) is 3.23. The quantitative estimate of drug-likeness (QED) is 0.698. The molecule has 0 aliphatic rings. The molecule has 0 unspecified atom stereocenters. The second-order valence-corrected chi connectivity index (χ2v) is 5.94. The van der Waals surface area contributed by atoms with Gasteiger partial charge in [-0.05, 0) is 12.1 Å². The summed E-state index contributed by atoms with van der Waals surface area (Å²) in [6, 6.07) is 2.87. The molecular formula is C13H9F3N6O2S. The van der Waals surface area contributed by atoms with Crippen LogP contribution >= 0.6 is 11.3 Å². The Bertz CT molecular complexity index is 920. The fourth-order valence-electron chi connectivity index (χ4n) is 1.75. The molecule has 0 bridgehead atoms. The van der Waals surface area contributed by atoms with Gasteiger partial charge >= 0.3 is 12.1 Å². The largest absolute Gasteiger partial charge is 0.471 e. The van der Waals surface area contributed by atoms with E-state index in [4.69, 9.17) is 0 Å². The van der Waals surface area contributed by atoms with E-state index in [1.807, 2.05) is 0 Å². The van der Waals surface area contributed by atoms with Crippen molar-refractivity contribution in [3.05, 3.63) is 29.2 Å². The van der Waals surface area contributed by atoms with Crippen LogP contribution in [0.5, 0.6) is 0 Å². The van der Waals surface area contributed by atoms with Crippen molar-refractivity contribution >= 4 is 17.2 Å². The van der Waals surface area contributed by atoms with Crippen LogP contribution in [0.25, 0.3) is 22.1 Å². The zero-order valence-electron chi connectivity index (χ0n) is 12.8. The molecule has 12 heteroatoms. The number of pyridine rings is 1. The predicted molar refractivity (Wildman–Crippen MR) is 79.5 cm³/mol. The number of nitrogens with zero attached hydrogens (tertiary/aromatic N) is 6. The molecule has 0 saturated heterocycles. The average molecular weight is 370 g/mol. The van der Waals surface area contributed by atoms with Crippen molar-refractivity contribution in [3.8, 4) is 22.1 Å². The van der Waals surface area contributed by atoms with E-state index in [2.05, 4.69) is 29.8 Å². The van der Waals surface area contributed by atoms with Crippen molar-refractivity contribution in [2.45, 2.75) is 6.18 Å². The van der Waals surface area contributed by atoms with Crippen LogP contribution in [0.4, 0.5) is 13.2 Å². The maximum absolute atomic E-state index is 12.5. The van der Waals surface area contributed by atoms with Crippen LogP contribution in [-0.2, 0) is 6.18 Å². The topological polar surface area (TPSA) is 97.9 Å². The number of alkyl halides is 3. The number of carbonyl (C=O) groups excluding carboxylic acids is 1. The Kier molecular flexibility index (Phi) is 4.20. The fourth-order valence-corrected chi connectivity index (χ4v) is 2.58. The number of hydrogen-bond acceptors (Lipinski definition) is 8. The number of halogens is 3. The fraction of sp³-hybridized carbons (Fsp3) is 0.231. The number of aromatic nitrogens is 5. The Labute approximate surface area is 142 Å². The highest BCUT2D eigenvalue weighted by Gasteiger charge is 2.38. The summed E-state index contributed by atoms with van der Waals surface area (Å²) in [5.41, 5.74) is 0.589. The molecule has 0 saturated carbocycles. The lowest BCUT2D eigenvalue weighted by molar-refractivity contribution is -0.159. The van der Waals surface area contributed by atoms with Crippen LogP contribution < -0.4 is 0 Å². The molecule has 0 fully saturated rings. The van der Waals surface area contributed by atoms with Gasteiger partial charge in [0.1, 0.15) is 5.69 Å². The smallest absolute Gasteiger partial charge is 0.343 e. The van der Waals surface area contributed by atoms with Gasteiger partial charge in [0, 0.05) is 25.9 Å². The lowest BCUT2D eigenvalue weighted by Gasteiger charge is -2.05. The van der Waals surface area contributed by atoms with E-state index in [1.54, 1.807) is 14.1 Å². The van der Waals surface area contributed by atoms with E-state index in [0.29, 0.717) is 10.7 Å². The molecule has 0 N–H and O–H groups in total. The molecule has 3 aromatic heterocycles. The van der Waals surface area contributed by atoms with Crippen molar-refractivity contribution in [3.63, 3.8) is 0 Å². The summed E-state index contributed by atoms with van der Waals surface area (Å²) in [6.45, 7) is 0. The Morgan fingerprint density at radius 3 is 2.68 bits per heavy atom.